The average Bonchev–Trinajstić information content (AvgIpc) is 2.49. The summed E-state index contributed by atoms with van der Waals surface area (Å²) >= 11 is 0. The van der Waals surface area contributed by atoms with Crippen molar-refractivity contribution in [1.82, 2.24) is 5.32 Å². The zero-order valence-electron chi connectivity index (χ0n) is 10.2. The van der Waals surface area contributed by atoms with Crippen molar-refractivity contribution in [2.24, 2.45) is 5.41 Å². The summed E-state index contributed by atoms with van der Waals surface area (Å²) in [6.07, 6.45) is 2.39. The van der Waals surface area contributed by atoms with Gasteiger partial charge < -0.3 is 14.8 Å². The second kappa shape index (κ2) is 4.34. The Bertz CT molecular complexity index is 273. The van der Waals surface area contributed by atoms with E-state index in [1.165, 1.54) is 0 Å². The van der Waals surface area contributed by atoms with Crippen LogP contribution in [-0.2, 0) is 14.3 Å². The summed E-state index contributed by atoms with van der Waals surface area (Å²) in [5.41, 5.74) is -0.179. The number of carbonyl (C=O) groups is 1. The molecule has 4 heteroatoms. The molecule has 1 atom stereocenters. The standard InChI is InChI=1S/C12H21NO3/c1-3-15-9-11(2)8-10(14)13-12(11)4-6-16-7-5-12/h3-9H2,1-2H3,(H,13,14). The van der Waals surface area contributed by atoms with Crippen LogP contribution in [0.5, 0.6) is 0 Å². The SMILES string of the molecule is CCOCC1(C)CC(=O)NC12CCOCC2. The molecular formula is C12H21NO3. The Labute approximate surface area is 96.7 Å². The summed E-state index contributed by atoms with van der Waals surface area (Å²) in [6, 6.07) is 0. The molecule has 2 saturated heterocycles. The number of ether oxygens (including phenoxy) is 2. The van der Waals surface area contributed by atoms with Crippen molar-refractivity contribution in [1.29, 1.82) is 0 Å². The Morgan fingerprint density at radius 1 is 1.44 bits per heavy atom. The summed E-state index contributed by atoms with van der Waals surface area (Å²) in [7, 11) is 0. The van der Waals surface area contributed by atoms with E-state index in [2.05, 4.69) is 12.2 Å². The van der Waals surface area contributed by atoms with Gasteiger partial charge in [-0.25, -0.2) is 0 Å². The molecule has 16 heavy (non-hydrogen) atoms. The van der Waals surface area contributed by atoms with E-state index in [-0.39, 0.29) is 16.9 Å². The van der Waals surface area contributed by atoms with Crippen LogP contribution in [0.4, 0.5) is 0 Å². The molecule has 0 aromatic carbocycles. The van der Waals surface area contributed by atoms with Crippen molar-refractivity contribution in [2.75, 3.05) is 26.4 Å². The van der Waals surface area contributed by atoms with Gasteiger partial charge >= 0.3 is 0 Å². The van der Waals surface area contributed by atoms with Gasteiger partial charge in [0.2, 0.25) is 5.91 Å². The number of hydrogen-bond acceptors (Lipinski definition) is 3. The first-order valence-corrected chi connectivity index (χ1v) is 6.08. The second-order valence-corrected chi connectivity index (χ2v) is 5.12. The number of nitrogens with one attached hydrogen (secondary N) is 1. The zero-order valence-corrected chi connectivity index (χ0v) is 10.2. The van der Waals surface area contributed by atoms with Crippen molar-refractivity contribution in [3.63, 3.8) is 0 Å². The Morgan fingerprint density at radius 2 is 2.12 bits per heavy atom. The molecule has 2 fully saturated rings. The highest BCUT2D eigenvalue weighted by molar-refractivity contribution is 5.81. The van der Waals surface area contributed by atoms with Crippen LogP contribution in [-0.4, -0.2) is 37.9 Å². The number of hydrogen-bond donors (Lipinski definition) is 1. The van der Waals surface area contributed by atoms with Crippen molar-refractivity contribution < 1.29 is 14.3 Å². The van der Waals surface area contributed by atoms with Gasteiger partial charge in [0.25, 0.3) is 0 Å². The van der Waals surface area contributed by atoms with Gasteiger partial charge in [-0.2, -0.15) is 0 Å². The summed E-state index contributed by atoms with van der Waals surface area (Å²) < 4.78 is 11.0. The molecule has 2 aliphatic rings. The zero-order chi connectivity index (χ0) is 11.6. The lowest BCUT2D eigenvalue weighted by Crippen LogP contribution is -2.56. The van der Waals surface area contributed by atoms with E-state index in [1.807, 2.05) is 6.92 Å². The minimum absolute atomic E-state index is 0.0795. The molecule has 0 aromatic rings. The van der Waals surface area contributed by atoms with E-state index in [9.17, 15) is 4.79 Å². The van der Waals surface area contributed by atoms with Gasteiger partial charge in [0.1, 0.15) is 0 Å². The van der Waals surface area contributed by atoms with Crippen LogP contribution in [0.15, 0.2) is 0 Å². The van der Waals surface area contributed by atoms with Crippen molar-refractivity contribution in [3.8, 4) is 0 Å². The molecule has 0 radical (unpaired) electrons. The smallest absolute Gasteiger partial charge is 0.221 e. The lowest BCUT2D eigenvalue weighted by molar-refractivity contribution is -0.120. The van der Waals surface area contributed by atoms with Gasteiger partial charge in [-0.1, -0.05) is 6.92 Å². The predicted molar refractivity (Wildman–Crippen MR) is 60.1 cm³/mol. The molecule has 2 aliphatic heterocycles. The summed E-state index contributed by atoms with van der Waals surface area (Å²) in [5, 5.41) is 3.17. The molecule has 4 nitrogen and oxygen atoms in total. The molecule has 2 rings (SSSR count). The summed E-state index contributed by atoms with van der Waals surface area (Å²) in [6.45, 7) is 6.98. The fourth-order valence-corrected chi connectivity index (χ4v) is 2.95. The van der Waals surface area contributed by atoms with Crippen LogP contribution in [0.1, 0.15) is 33.1 Å². The lowest BCUT2D eigenvalue weighted by Gasteiger charge is -2.45. The van der Waals surface area contributed by atoms with Crippen LogP contribution in [0.25, 0.3) is 0 Å². The quantitative estimate of drug-likeness (QED) is 0.785. The molecule has 1 amide bonds. The Morgan fingerprint density at radius 3 is 2.75 bits per heavy atom. The van der Waals surface area contributed by atoms with E-state index in [0.717, 1.165) is 26.1 Å². The number of rotatable bonds is 3. The van der Waals surface area contributed by atoms with Crippen LogP contribution >= 0.6 is 0 Å². The summed E-state index contributed by atoms with van der Waals surface area (Å²) in [5.74, 6) is 0.157. The van der Waals surface area contributed by atoms with E-state index in [1.54, 1.807) is 0 Å². The first-order chi connectivity index (χ1) is 7.62. The van der Waals surface area contributed by atoms with Gasteiger partial charge in [-0.3, -0.25) is 4.79 Å². The molecule has 2 heterocycles. The second-order valence-electron chi connectivity index (χ2n) is 5.12. The maximum absolute atomic E-state index is 11.7. The number of amides is 1. The topological polar surface area (TPSA) is 47.6 Å². The maximum Gasteiger partial charge on any atom is 0.221 e. The molecule has 1 N–H and O–H groups in total. The van der Waals surface area contributed by atoms with Gasteiger partial charge in [-0.15, -0.1) is 0 Å². The van der Waals surface area contributed by atoms with Gasteiger partial charge in [-0.05, 0) is 19.8 Å². The van der Waals surface area contributed by atoms with Crippen LogP contribution in [0, 0.1) is 5.41 Å². The van der Waals surface area contributed by atoms with Crippen molar-refractivity contribution in [3.05, 3.63) is 0 Å². The lowest BCUT2D eigenvalue weighted by atomic mass is 9.68. The van der Waals surface area contributed by atoms with Crippen LogP contribution in [0.3, 0.4) is 0 Å². The van der Waals surface area contributed by atoms with E-state index >= 15 is 0 Å². The highest BCUT2D eigenvalue weighted by Crippen LogP contribution is 2.46. The highest BCUT2D eigenvalue weighted by atomic mass is 16.5. The van der Waals surface area contributed by atoms with E-state index in [4.69, 9.17) is 9.47 Å². The maximum atomic E-state index is 11.7. The average molecular weight is 227 g/mol. The van der Waals surface area contributed by atoms with Gasteiger partial charge in [0.05, 0.1) is 12.1 Å². The fraction of sp³-hybridized carbons (Fsp3) is 0.917. The molecule has 0 aliphatic carbocycles. The molecule has 0 bridgehead atoms. The third-order valence-corrected chi connectivity index (χ3v) is 4.06. The monoisotopic (exact) mass is 227 g/mol. The Balaban J connectivity index is 2.16. The largest absolute Gasteiger partial charge is 0.381 e. The first kappa shape index (κ1) is 11.9. The highest BCUT2D eigenvalue weighted by Gasteiger charge is 2.55. The molecular weight excluding hydrogens is 206 g/mol. The Kier molecular flexibility index (Phi) is 3.22. The minimum atomic E-state index is -0.0997. The van der Waals surface area contributed by atoms with E-state index in [0.29, 0.717) is 19.6 Å². The molecule has 92 valence electrons. The fourth-order valence-electron chi connectivity index (χ4n) is 2.95. The van der Waals surface area contributed by atoms with Crippen molar-refractivity contribution in [2.45, 2.75) is 38.6 Å². The third-order valence-electron chi connectivity index (χ3n) is 4.06. The van der Waals surface area contributed by atoms with Crippen molar-refractivity contribution >= 4 is 5.91 Å². The normalized spacial score (nSPS) is 33.0. The molecule has 1 unspecified atom stereocenters. The molecule has 1 spiro atoms. The van der Waals surface area contributed by atoms with Crippen LogP contribution < -0.4 is 5.32 Å². The molecule has 0 saturated carbocycles. The summed E-state index contributed by atoms with van der Waals surface area (Å²) in [4.78, 5) is 11.7. The third kappa shape index (κ3) is 1.84. The number of carbonyl (C=O) groups excluding carboxylic acids is 1. The molecule has 0 aromatic heterocycles. The predicted octanol–water partition coefficient (Wildman–Crippen LogP) is 1.10. The van der Waals surface area contributed by atoms with Crippen LogP contribution in [0.2, 0.25) is 0 Å². The first-order valence-electron chi connectivity index (χ1n) is 6.08. The van der Waals surface area contributed by atoms with E-state index < -0.39 is 0 Å². The Hall–Kier alpha value is -0.610. The minimum Gasteiger partial charge on any atom is -0.381 e. The van der Waals surface area contributed by atoms with Gasteiger partial charge in [0.15, 0.2) is 0 Å². The van der Waals surface area contributed by atoms with Gasteiger partial charge in [0, 0.05) is 31.7 Å².